The molecule has 4 atom stereocenters. The van der Waals surface area contributed by atoms with E-state index in [0.717, 1.165) is 32.1 Å². The smallest absolute Gasteiger partial charge is 0.180 e. The minimum atomic E-state index is -0.859. The highest BCUT2D eigenvalue weighted by Crippen LogP contribution is 2.56. The number of hydrogen-bond donors (Lipinski definition) is 3. The van der Waals surface area contributed by atoms with Crippen LogP contribution in [0.5, 0.6) is 0 Å². The second kappa shape index (κ2) is 4.59. The number of H-pyrrole nitrogens is 1. The van der Waals surface area contributed by atoms with E-state index in [4.69, 9.17) is 5.11 Å². The average molecular weight is 252 g/mol. The Balaban J connectivity index is 1.73. The first kappa shape index (κ1) is 12.0. The third-order valence-electron chi connectivity index (χ3n) is 4.83. The highest BCUT2D eigenvalue weighted by atomic mass is 16.3. The molecule has 2 saturated carbocycles. The van der Waals surface area contributed by atoms with Gasteiger partial charge in [0.15, 0.2) is 5.82 Å². The van der Waals surface area contributed by atoms with Gasteiger partial charge in [-0.2, -0.15) is 0 Å². The number of aliphatic hydroxyl groups excluding tert-OH is 1. The van der Waals surface area contributed by atoms with E-state index in [0.29, 0.717) is 17.7 Å². The lowest BCUT2D eigenvalue weighted by Gasteiger charge is -2.27. The van der Waals surface area contributed by atoms with Crippen LogP contribution < -0.4 is 0 Å². The highest BCUT2D eigenvalue weighted by Gasteiger charge is 2.54. The molecule has 0 aromatic carbocycles. The molecule has 0 bridgehead atoms. The Morgan fingerprint density at radius 2 is 2.28 bits per heavy atom. The Labute approximate surface area is 106 Å². The lowest BCUT2D eigenvalue weighted by atomic mass is 9.86. The summed E-state index contributed by atoms with van der Waals surface area (Å²) in [5.74, 6) is 2.02. The molecule has 2 unspecified atom stereocenters. The van der Waals surface area contributed by atoms with Crippen LogP contribution in [0.4, 0.5) is 0 Å². The molecule has 6 heteroatoms. The fourth-order valence-corrected chi connectivity index (χ4v) is 3.99. The standard InChI is InChI=1S/C12H20N4O2/c17-5-1-2-8-6-9-3-4-12(18,10(9)7-8)11-13-15-16-14-11/h8-10,17-18H,1-7H2,(H,13,14,15,16)/t8-,9?,10?,12-/m1/s1. The molecular weight excluding hydrogens is 232 g/mol. The Morgan fingerprint density at radius 3 is 3.00 bits per heavy atom. The van der Waals surface area contributed by atoms with Crippen molar-refractivity contribution in [2.45, 2.75) is 44.1 Å². The summed E-state index contributed by atoms with van der Waals surface area (Å²) in [5.41, 5.74) is -0.859. The van der Waals surface area contributed by atoms with Gasteiger partial charge in [0.2, 0.25) is 0 Å². The van der Waals surface area contributed by atoms with Crippen molar-refractivity contribution in [1.29, 1.82) is 0 Å². The number of nitrogens with one attached hydrogen (secondary N) is 1. The molecular formula is C12H20N4O2. The number of fused-ring (bicyclic) bond motifs is 1. The van der Waals surface area contributed by atoms with Crippen molar-refractivity contribution in [2.75, 3.05) is 6.61 Å². The van der Waals surface area contributed by atoms with E-state index in [2.05, 4.69) is 20.6 Å². The molecule has 2 aliphatic carbocycles. The fourth-order valence-electron chi connectivity index (χ4n) is 3.99. The minimum Gasteiger partial charge on any atom is -0.396 e. The third-order valence-corrected chi connectivity index (χ3v) is 4.83. The van der Waals surface area contributed by atoms with Crippen molar-refractivity contribution in [2.24, 2.45) is 17.8 Å². The van der Waals surface area contributed by atoms with E-state index in [-0.39, 0.29) is 12.5 Å². The lowest BCUT2D eigenvalue weighted by Crippen LogP contribution is -2.32. The molecule has 0 saturated heterocycles. The maximum Gasteiger partial charge on any atom is 0.180 e. The van der Waals surface area contributed by atoms with E-state index in [1.165, 1.54) is 6.42 Å². The van der Waals surface area contributed by atoms with Gasteiger partial charge < -0.3 is 10.2 Å². The van der Waals surface area contributed by atoms with Crippen LogP contribution in [0, 0.1) is 17.8 Å². The summed E-state index contributed by atoms with van der Waals surface area (Å²) >= 11 is 0. The van der Waals surface area contributed by atoms with Crippen LogP contribution in [0.15, 0.2) is 0 Å². The summed E-state index contributed by atoms with van der Waals surface area (Å²) in [6.45, 7) is 0.266. The van der Waals surface area contributed by atoms with Crippen LogP contribution >= 0.6 is 0 Å². The molecule has 0 aliphatic heterocycles. The molecule has 1 aromatic rings. The summed E-state index contributed by atoms with van der Waals surface area (Å²) in [4.78, 5) is 0. The van der Waals surface area contributed by atoms with Gasteiger partial charge in [-0.25, -0.2) is 5.10 Å². The number of aromatic nitrogens is 4. The van der Waals surface area contributed by atoms with Crippen molar-refractivity contribution in [3.8, 4) is 0 Å². The monoisotopic (exact) mass is 252 g/mol. The SMILES string of the molecule is OCCC[C@@H]1CC2CC[C@](O)(c3nnn[nH]3)C2C1. The third kappa shape index (κ3) is 1.83. The molecule has 2 aliphatic rings. The highest BCUT2D eigenvalue weighted by molar-refractivity contribution is 5.10. The summed E-state index contributed by atoms with van der Waals surface area (Å²) in [6, 6.07) is 0. The quantitative estimate of drug-likeness (QED) is 0.729. The van der Waals surface area contributed by atoms with E-state index in [1.54, 1.807) is 0 Å². The molecule has 3 rings (SSSR count). The predicted octanol–water partition coefficient (Wildman–Crippen LogP) is 0.596. The van der Waals surface area contributed by atoms with E-state index in [9.17, 15) is 5.11 Å². The van der Waals surface area contributed by atoms with Crippen molar-refractivity contribution in [1.82, 2.24) is 20.6 Å². The predicted molar refractivity (Wildman–Crippen MR) is 63.3 cm³/mol. The first-order valence-corrected chi connectivity index (χ1v) is 6.81. The van der Waals surface area contributed by atoms with E-state index >= 15 is 0 Å². The number of tetrazole rings is 1. The van der Waals surface area contributed by atoms with Gasteiger partial charge in [-0.05, 0) is 66.7 Å². The number of rotatable bonds is 4. The molecule has 1 aromatic heterocycles. The van der Waals surface area contributed by atoms with Crippen molar-refractivity contribution < 1.29 is 10.2 Å². The van der Waals surface area contributed by atoms with Gasteiger partial charge in [-0.3, -0.25) is 0 Å². The van der Waals surface area contributed by atoms with Gasteiger partial charge in [0.05, 0.1) is 0 Å². The Hall–Kier alpha value is -1.01. The van der Waals surface area contributed by atoms with Gasteiger partial charge in [0.1, 0.15) is 5.60 Å². The minimum absolute atomic E-state index is 0.266. The van der Waals surface area contributed by atoms with Crippen molar-refractivity contribution in [3.05, 3.63) is 5.82 Å². The summed E-state index contributed by atoms with van der Waals surface area (Å²) in [7, 11) is 0. The second-order valence-electron chi connectivity index (χ2n) is 5.78. The van der Waals surface area contributed by atoms with Crippen molar-refractivity contribution in [3.63, 3.8) is 0 Å². The van der Waals surface area contributed by atoms with Gasteiger partial charge in [-0.15, -0.1) is 5.10 Å². The van der Waals surface area contributed by atoms with Crippen LogP contribution in [0.2, 0.25) is 0 Å². The second-order valence-corrected chi connectivity index (χ2v) is 5.78. The maximum atomic E-state index is 10.8. The zero-order valence-corrected chi connectivity index (χ0v) is 10.4. The first-order valence-electron chi connectivity index (χ1n) is 6.81. The Morgan fingerprint density at radius 1 is 1.39 bits per heavy atom. The van der Waals surface area contributed by atoms with Crippen LogP contribution in [-0.4, -0.2) is 37.4 Å². The molecule has 100 valence electrons. The van der Waals surface area contributed by atoms with Crippen LogP contribution in [0.1, 0.15) is 44.3 Å². The van der Waals surface area contributed by atoms with E-state index < -0.39 is 5.60 Å². The lowest BCUT2D eigenvalue weighted by molar-refractivity contribution is -0.0173. The molecule has 0 amide bonds. The number of aliphatic hydroxyl groups is 2. The zero-order chi connectivity index (χ0) is 12.6. The van der Waals surface area contributed by atoms with Crippen LogP contribution in [0.3, 0.4) is 0 Å². The van der Waals surface area contributed by atoms with Gasteiger partial charge in [-0.1, -0.05) is 0 Å². The zero-order valence-electron chi connectivity index (χ0n) is 10.4. The molecule has 1 heterocycles. The van der Waals surface area contributed by atoms with Gasteiger partial charge >= 0.3 is 0 Å². The van der Waals surface area contributed by atoms with Gasteiger partial charge in [0.25, 0.3) is 0 Å². The number of hydrogen-bond acceptors (Lipinski definition) is 5. The molecule has 3 N–H and O–H groups in total. The summed E-state index contributed by atoms with van der Waals surface area (Å²) in [5, 5.41) is 33.5. The average Bonchev–Trinajstić information content (AvgIpc) is 3.05. The van der Waals surface area contributed by atoms with E-state index in [1.807, 2.05) is 0 Å². The fraction of sp³-hybridized carbons (Fsp3) is 0.917. The summed E-state index contributed by atoms with van der Waals surface area (Å²) in [6.07, 6.45) is 5.94. The molecule has 0 spiro atoms. The first-order chi connectivity index (χ1) is 8.74. The number of aromatic amines is 1. The molecule has 18 heavy (non-hydrogen) atoms. The Kier molecular flexibility index (Phi) is 3.07. The normalized spacial score (nSPS) is 39.1. The maximum absolute atomic E-state index is 10.8. The topological polar surface area (TPSA) is 94.9 Å². The van der Waals surface area contributed by atoms with Crippen LogP contribution in [0.25, 0.3) is 0 Å². The molecule has 6 nitrogen and oxygen atoms in total. The van der Waals surface area contributed by atoms with Crippen molar-refractivity contribution >= 4 is 0 Å². The largest absolute Gasteiger partial charge is 0.396 e. The number of nitrogens with zero attached hydrogens (tertiary/aromatic N) is 3. The molecule has 2 fully saturated rings. The molecule has 0 radical (unpaired) electrons. The summed E-state index contributed by atoms with van der Waals surface area (Å²) < 4.78 is 0. The van der Waals surface area contributed by atoms with Crippen LogP contribution in [-0.2, 0) is 5.60 Å². The Bertz CT molecular complexity index is 397. The van der Waals surface area contributed by atoms with Gasteiger partial charge in [0, 0.05) is 6.61 Å².